The van der Waals surface area contributed by atoms with E-state index in [4.69, 9.17) is 5.73 Å². The number of primary amides is 1. The molecule has 1 fully saturated rings. The minimum absolute atomic E-state index is 0.441. The molecule has 1 aromatic carbocycles. The second-order valence-corrected chi connectivity index (χ2v) is 6.04. The number of urea groups is 1. The van der Waals surface area contributed by atoms with E-state index in [0.717, 1.165) is 17.7 Å². The summed E-state index contributed by atoms with van der Waals surface area (Å²) in [4.78, 5) is 26.6. The fourth-order valence-corrected chi connectivity index (χ4v) is 2.76. The number of hydrogen-bond donors (Lipinski definition) is 2. The molecule has 1 heterocycles. The molecule has 9 heteroatoms. The second-order valence-electron chi connectivity index (χ2n) is 6.04. The number of carbonyl (C=O) groups is 2. The number of carbonyl (C=O) groups excluding carboxylic acids is 2. The van der Waals surface area contributed by atoms with Crippen LogP contribution < -0.4 is 11.1 Å². The third-order valence-electron chi connectivity index (χ3n) is 4.27. The van der Waals surface area contributed by atoms with Gasteiger partial charge in [0.1, 0.15) is 0 Å². The standard InChI is InChI=1S/C16H21F3N4O2/c1-11(14(24)21-15(20)25)23-8-6-22(7-9-23)10-12-2-4-13(5-3-12)16(17,18)19/h2-5,11H,6-10H2,1H3,(H3,20,21,24,25)/t11-/m1/s1. The number of nitrogens with one attached hydrogen (secondary N) is 1. The summed E-state index contributed by atoms with van der Waals surface area (Å²) < 4.78 is 37.7. The van der Waals surface area contributed by atoms with Crippen molar-refractivity contribution in [2.75, 3.05) is 26.2 Å². The Balaban J connectivity index is 1.84. The highest BCUT2D eigenvalue weighted by Crippen LogP contribution is 2.29. The van der Waals surface area contributed by atoms with E-state index in [-0.39, 0.29) is 0 Å². The van der Waals surface area contributed by atoms with Crippen molar-refractivity contribution in [2.45, 2.75) is 25.7 Å². The molecule has 1 aliphatic heterocycles. The first-order valence-electron chi connectivity index (χ1n) is 7.89. The van der Waals surface area contributed by atoms with Gasteiger partial charge in [0.2, 0.25) is 5.91 Å². The van der Waals surface area contributed by atoms with Crippen LogP contribution in [-0.4, -0.2) is 54.0 Å². The smallest absolute Gasteiger partial charge is 0.351 e. The number of halogens is 3. The van der Waals surface area contributed by atoms with Crippen molar-refractivity contribution in [3.63, 3.8) is 0 Å². The van der Waals surface area contributed by atoms with Gasteiger partial charge in [-0.2, -0.15) is 13.2 Å². The van der Waals surface area contributed by atoms with E-state index >= 15 is 0 Å². The summed E-state index contributed by atoms with van der Waals surface area (Å²) in [5.74, 6) is -0.441. The van der Waals surface area contributed by atoms with Crippen molar-refractivity contribution >= 4 is 11.9 Å². The highest BCUT2D eigenvalue weighted by atomic mass is 19.4. The molecule has 3 N–H and O–H groups in total. The van der Waals surface area contributed by atoms with Gasteiger partial charge in [-0.05, 0) is 24.6 Å². The van der Waals surface area contributed by atoms with Gasteiger partial charge >= 0.3 is 12.2 Å². The van der Waals surface area contributed by atoms with Gasteiger partial charge in [-0.25, -0.2) is 4.79 Å². The van der Waals surface area contributed by atoms with Gasteiger partial charge in [0.15, 0.2) is 0 Å². The van der Waals surface area contributed by atoms with Crippen molar-refractivity contribution in [1.82, 2.24) is 15.1 Å². The third-order valence-corrected chi connectivity index (χ3v) is 4.27. The maximum absolute atomic E-state index is 12.6. The van der Waals surface area contributed by atoms with E-state index in [1.807, 2.05) is 4.90 Å². The van der Waals surface area contributed by atoms with Crippen molar-refractivity contribution in [1.29, 1.82) is 0 Å². The fraction of sp³-hybridized carbons (Fsp3) is 0.500. The number of benzene rings is 1. The van der Waals surface area contributed by atoms with E-state index in [9.17, 15) is 22.8 Å². The van der Waals surface area contributed by atoms with Crippen molar-refractivity contribution < 1.29 is 22.8 Å². The van der Waals surface area contributed by atoms with Gasteiger partial charge in [0.25, 0.3) is 0 Å². The van der Waals surface area contributed by atoms with Gasteiger partial charge in [-0.3, -0.25) is 19.9 Å². The van der Waals surface area contributed by atoms with Crippen LogP contribution in [0.25, 0.3) is 0 Å². The number of alkyl halides is 3. The summed E-state index contributed by atoms with van der Waals surface area (Å²) in [7, 11) is 0. The molecule has 3 amide bonds. The summed E-state index contributed by atoms with van der Waals surface area (Å²) in [5, 5.41) is 2.06. The number of imide groups is 1. The molecule has 1 saturated heterocycles. The fourth-order valence-electron chi connectivity index (χ4n) is 2.76. The number of nitrogens with two attached hydrogens (primary N) is 1. The number of piperazine rings is 1. The van der Waals surface area contributed by atoms with Gasteiger partial charge in [0, 0.05) is 32.7 Å². The molecule has 0 aliphatic carbocycles. The Morgan fingerprint density at radius 3 is 2.20 bits per heavy atom. The first kappa shape index (κ1) is 19.2. The van der Waals surface area contributed by atoms with Crippen molar-refractivity contribution in [3.8, 4) is 0 Å². The molecule has 6 nitrogen and oxygen atoms in total. The maximum Gasteiger partial charge on any atom is 0.416 e. The van der Waals surface area contributed by atoms with E-state index in [1.165, 1.54) is 12.1 Å². The molecule has 0 aromatic heterocycles. The zero-order valence-electron chi connectivity index (χ0n) is 13.8. The van der Waals surface area contributed by atoms with Crippen molar-refractivity contribution in [2.24, 2.45) is 5.73 Å². The highest BCUT2D eigenvalue weighted by Gasteiger charge is 2.30. The molecule has 0 bridgehead atoms. The van der Waals surface area contributed by atoms with Crippen LogP contribution >= 0.6 is 0 Å². The number of nitrogens with zero attached hydrogens (tertiary/aromatic N) is 2. The summed E-state index contributed by atoms with van der Waals surface area (Å²) in [6.45, 7) is 4.84. The SMILES string of the molecule is C[C@H](C(=O)NC(N)=O)N1CCN(Cc2ccc(C(F)(F)F)cc2)CC1. The zero-order chi connectivity index (χ0) is 18.6. The Bertz CT molecular complexity index is 611. The summed E-state index contributed by atoms with van der Waals surface area (Å²) in [5.41, 5.74) is 5.09. The minimum atomic E-state index is -4.33. The molecular weight excluding hydrogens is 337 g/mol. The Kier molecular flexibility index (Phi) is 6.02. The van der Waals surface area contributed by atoms with Crippen LogP contribution in [0.1, 0.15) is 18.1 Å². The predicted molar refractivity (Wildman–Crippen MR) is 85.5 cm³/mol. The molecule has 138 valence electrons. The Morgan fingerprint density at radius 1 is 1.16 bits per heavy atom. The lowest BCUT2D eigenvalue weighted by Crippen LogP contribution is -2.54. The Morgan fingerprint density at radius 2 is 1.72 bits per heavy atom. The summed E-state index contributed by atoms with van der Waals surface area (Å²) in [6.07, 6.45) is -4.33. The first-order chi connectivity index (χ1) is 11.7. The number of amides is 3. The number of rotatable bonds is 4. The average Bonchev–Trinajstić information content (AvgIpc) is 2.54. The second kappa shape index (κ2) is 7.83. The molecule has 0 spiro atoms. The van der Waals surface area contributed by atoms with E-state index in [0.29, 0.717) is 32.7 Å². The van der Waals surface area contributed by atoms with E-state index in [2.05, 4.69) is 10.2 Å². The molecule has 1 atom stereocenters. The van der Waals surface area contributed by atoms with Gasteiger partial charge in [-0.15, -0.1) is 0 Å². The zero-order valence-corrected chi connectivity index (χ0v) is 13.8. The van der Waals surface area contributed by atoms with Crippen LogP contribution in [0.5, 0.6) is 0 Å². The Hall–Kier alpha value is -2.13. The monoisotopic (exact) mass is 358 g/mol. The van der Waals surface area contributed by atoms with Crippen LogP contribution in [-0.2, 0) is 17.5 Å². The molecule has 2 rings (SSSR count). The average molecular weight is 358 g/mol. The Labute approximate surface area is 143 Å². The van der Waals surface area contributed by atoms with Crippen LogP contribution in [0, 0.1) is 0 Å². The molecule has 1 aliphatic rings. The van der Waals surface area contributed by atoms with Crippen LogP contribution in [0.15, 0.2) is 24.3 Å². The molecule has 0 unspecified atom stereocenters. The predicted octanol–water partition coefficient (Wildman–Crippen LogP) is 1.41. The largest absolute Gasteiger partial charge is 0.416 e. The molecule has 0 radical (unpaired) electrons. The van der Waals surface area contributed by atoms with E-state index < -0.39 is 29.7 Å². The molecule has 25 heavy (non-hydrogen) atoms. The van der Waals surface area contributed by atoms with Gasteiger partial charge in [0.05, 0.1) is 11.6 Å². The van der Waals surface area contributed by atoms with Crippen LogP contribution in [0.2, 0.25) is 0 Å². The van der Waals surface area contributed by atoms with Gasteiger partial charge in [-0.1, -0.05) is 12.1 Å². The van der Waals surface area contributed by atoms with Crippen molar-refractivity contribution in [3.05, 3.63) is 35.4 Å². The molecule has 1 aromatic rings. The lowest BCUT2D eigenvalue weighted by Gasteiger charge is -2.37. The normalized spacial score (nSPS) is 17.9. The van der Waals surface area contributed by atoms with E-state index in [1.54, 1.807) is 6.92 Å². The van der Waals surface area contributed by atoms with Crippen LogP contribution in [0.4, 0.5) is 18.0 Å². The topological polar surface area (TPSA) is 78.7 Å². The maximum atomic E-state index is 12.6. The summed E-state index contributed by atoms with van der Waals surface area (Å²) in [6, 6.07) is 3.79. The molecule has 0 saturated carbocycles. The quantitative estimate of drug-likeness (QED) is 0.853. The minimum Gasteiger partial charge on any atom is -0.351 e. The number of hydrogen-bond acceptors (Lipinski definition) is 4. The summed E-state index contributed by atoms with van der Waals surface area (Å²) >= 11 is 0. The van der Waals surface area contributed by atoms with Gasteiger partial charge < -0.3 is 5.73 Å². The molecular formula is C16H21F3N4O2. The lowest BCUT2D eigenvalue weighted by atomic mass is 10.1. The van der Waals surface area contributed by atoms with Crippen LogP contribution in [0.3, 0.4) is 0 Å². The highest BCUT2D eigenvalue weighted by molar-refractivity contribution is 5.96. The first-order valence-corrected chi connectivity index (χ1v) is 7.89. The lowest BCUT2D eigenvalue weighted by molar-refractivity contribution is -0.137. The third kappa shape index (κ3) is 5.43.